The van der Waals surface area contributed by atoms with Gasteiger partial charge in [0.25, 0.3) is 0 Å². The Morgan fingerprint density at radius 1 is 1.33 bits per heavy atom. The molecule has 24 heavy (non-hydrogen) atoms. The van der Waals surface area contributed by atoms with E-state index in [0.29, 0.717) is 18.1 Å². The Kier molecular flexibility index (Phi) is 4.55. The highest BCUT2D eigenvalue weighted by Gasteiger charge is 2.45. The predicted octanol–water partition coefficient (Wildman–Crippen LogP) is 2.18. The number of aryl methyl sites for hydroxylation is 1. The Bertz CT molecular complexity index is 580. The van der Waals surface area contributed by atoms with Gasteiger partial charge in [-0.15, -0.1) is 10.2 Å². The van der Waals surface area contributed by atoms with Gasteiger partial charge in [-0.3, -0.25) is 4.90 Å². The fourth-order valence-electron chi connectivity index (χ4n) is 3.92. The molecule has 2 fully saturated rings. The number of aromatic nitrogens is 3. The second-order valence-corrected chi connectivity index (χ2v) is 8.17. The first-order chi connectivity index (χ1) is 11.2. The van der Waals surface area contributed by atoms with Crippen molar-refractivity contribution in [2.75, 3.05) is 7.05 Å². The van der Waals surface area contributed by atoms with E-state index in [4.69, 9.17) is 4.74 Å². The monoisotopic (exact) mass is 335 g/mol. The summed E-state index contributed by atoms with van der Waals surface area (Å²) < 4.78 is 7.57. The van der Waals surface area contributed by atoms with Gasteiger partial charge in [0.2, 0.25) is 0 Å². The summed E-state index contributed by atoms with van der Waals surface area (Å²) in [5, 5.41) is 8.12. The van der Waals surface area contributed by atoms with Crippen LogP contribution in [0.15, 0.2) is 6.33 Å². The van der Waals surface area contributed by atoms with Gasteiger partial charge in [0.15, 0.2) is 0 Å². The zero-order chi connectivity index (χ0) is 17.5. The minimum absolute atomic E-state index is 0.149. The minimum Gasteiger partial charge on any atom is -0.444 e. The van der Waals surface area contributed by atoms with E-state index < -0.39 is 5.60 Å². The largest absolute Gasteiger partial charge is 0.444 e. The standard InChI is InChI=1S/C17H29N5O2/c1-17(2,3)24-16(23)22-12-6-7-13(22)9-14(8-12)20(4)10-15-19-18-11-21(15)5/h11-14H,6-10H2,1-5H3/t12-,13-/m0/s1. The minimum atomic E-state index is -0.435. The van der Waals surface area contributed by atoms with Crippen molar-refractivity contribution in [2.24, 2.45) is 7.05 Å². The second-order valence-electron chi connectivity index (χ2n) is 8.17. The van der Waals surface area contributed by atoms with Crippen LogP contribution in [0.5, 0.6) is 0 Å². The van der Waals surface area contributed by atoms with Crippen LogP contribution in [-0.4, -0.2) is 61.4 Å². The van der Waals surface area contributed by atoms with Crippen molar-refractivity contribution in [3.8, 4) is 0 Å². The lowest BCUT2D eigenvalue weighted by Gasteiger charge is -2.42. The Hall–Kier alpha value is -1.63. The van der Waals surface area contributed by atoms with Gasteiger partial charge in [-0.2, -0.15) is 0 Å². The molecule has 2 aliphatic heterocycles. The number of amides is 1. The molecule has 0 aliphatic carbocycles. The number of carbonyl (C=O) groups excluding carboxylic acids is 1. The first kappa shape index (κ1) is 17.2. The maximum absolute atomic E-state index is 12.5. The zero-order valence-corrected chi connectivity index (χ0v) is 15.4. The average Bonchev–Trinajstić information content (AvgIpc) is 2.98. The van der Waals surface area contributed by atoms with Crippen LogP contribution in [0.1, 0.15) is 52.3 Å². The van der Waals surface area contributed by atoms with Crippen molar-refractivity contribution >= 4 is 6.09 Å². The fraction of sp³-hybridized carbons (Fsp3) is 0.824. The molecule has 3 heterocycles. The molecule has 0 radical (unpaired) electrons. The lowest BCUT2D eigenvalue weighted by molar-refractivity contribution is -0.00299. The maximum atomic E-state index is 12.5. The first-order valence-corrected chi connectivity index (χ1v) is 8.79. The van der Waals surface area contributed by atoms with Crippen LogP contribution in [0.4, 0.5) is 4.79 Å². The molecule has 0 N–H and O–H groups in total. The van der Waals surface area contributed by atoms with E-state index >= 15 is 0 Å². The van der Waals surface area contributed by atoms with E-state index in [1.165, 1.54) is 0 Å². The van der Waals surface area contributed by atoms with E-state index in [1.807, 2.05) is 37.3 Å². The Morgan fingerprint density at radius 2 is 1.96 bits per heavy atom. The van der Waals surface area contributed by atoms with Crippen LogP contribution in [0.25, 0.3) is 0 Å². The second kappa shape index (κ2) is 6.35. The van der Waals surface area contributed by atoms with Gasteiger partial charge in [-0.25, -0.2) is 4.79 Å². The molecule has 2 saturated heterocycles. The number of carbonyl (C=O) groups is 1. The van der Waals surface area contributed by atoms with Gasteiger partial charge in [-0.05, 0) is 53.5 Å². The molecule has 2 aliphatic rings. The summed E-state index contributed by atoms with van der Waals surface area (Å²) in [6, 6.07) is 1.06. The zero-order valence-electron chi connectivity index (χ0n) is 15.4. The molecular formula is C17H29N5O2. The number of hydrogen-bond acceptors (Lipinski definition) is 5. The van der Waals surface area contributed by atoms with E-state index in [1.54, 1.807) is 6.33 Å². The lowest BCUT2D eigenvalue weighted by atomic mass is 9.96. The van der Waals surface area contributed by atoms with Crippen LogP contribution in [-0.2, 0) is 18.3 Å². The summed E-state index contributed by atoms with van der Waals surface area (Å²) in [6.45, 7) is 6.56. The molecule has 0 aromatic carbocycles. The molecule has 1 aromatic rings. The van der Waals surface area contributed by atoms with E-state index in [0.717, 1.165) is 38.1 Å². The highest BCUT2D eigenvalue weighted by atomic mass is 16.6. The summed E-state index contributed by atoms with van der Waals surface area (Å²) in [4.78, 5) is 16.9. The Labute approximate surface area is 144 Å². The summed E-state index contributed by atoms with van der Waals surface area (Å²) >= 11 is 0. The molecule has 1 aromatic heterocycles. The van der Waals surface area contributed by atoms with E-state index in [-0.39, 0.29) is 6.09 Å². The predicted molar refractivity (Wildman–Crippen MR) is 90.4 cm³/mol. The van der Waals surface area contributed by atoms with Gasteiger partial charge < -0.3 is 14.2 Å². The van der Waals surface area contributed by atoms with Crippen LogP contribution in [0, 0.1) is 0 Å². The van der Waals surface area contributed by atoms with Crippen molar-refractivity contribution in [1.82, 2.24) is 24.6 Å². The molecule has 7 nitrogen and oxygen atoms in total. The van der Waals surface area contributed by atoms with E-state index in [2.05, 4.69) is 22.1 Å². The van der Waals surface area contributed by atoms with Crippen molar-refractivity contribution in [1.29, 1.82) is 0 Å². The molecule has 2 atom stereocenters. The SMILES string of the molecule is CN(Cc1nncn1C)C1C[C@@H]2CC[C@@H](C1)N2C(=O)OC(C)(C)C. The maximum Gasteiger partial charge on any atom is 0.410 e. The number of piperidine rings is 1. The molecule has 7 heteroatoms. The number of nitrogens with zero attached hydrogens (tertiary/aromatic N) is 5. The van der Waals surface area contributed by atoms with Gasteiger partial charge >= 0.3 is 6.09 Å². The third-order valence-electron chi connectivity index (χ3n) is 5.13. The van der Waals surface area contributed by atoms with Crippen molar-refractivity contribution < 1.29 is 9.53 Å². The summed E-state index contributed by atoms with van der Waals surface area (Å²) in [5.41, 5.74) is -0.435. The molecule has 0 unspecified atom stereocenters. The molecule has 134 valence electrons. The molecular weight excluding hydrogens is 306 g/mol. The van der Waals surface area contributed by atoms with Gasteiger partial charge in [0.05, 0.1) is 6.54 Å². The lowest BCUT2D eigenvalue weighted by Crippen LogP contribution is -2.52. The highest BCUT2D eigenvalue weighted by molar-refractivity contribution is 5.69. The van der Waals surface area contributed by atoms with Gasteiger partial charge in [0.1, 0.15) is 17.8 Å². The van der Waals surface area contributed by atoms with Crippen molar-refractivity contribution in [3.05, 3.63) is 12.2 Å². The quantitative estimate of drug-likeness (QED) is 0.847. The summed E-state index contributed by atoms with van der Waals surface area (Å²) in [5.74, 6) is 0.972. The summed E-state index contributed by atoms with van der Waals surface area (Å²) in [7, 11) is 4.11. The van der Waals surface area contributed by atoms with Crippen LogP contribution in [0.2, 0.25) is 0 Å². The summed E-state index contributed by atoms with van der Waals surface area (Å²) in [6.07, 6.45) is 5.76. The van der Waals surface area contributed by atoms with Crippen molar-refractivity contribution in [3.63, 3.8) is 0 Å². The average molecular weight is 335 g/mol. The number of rotatable bonds is 3. The fourth-order valence-corrected chi connectivity index (χ4v) is 3.92. The van der Waals surface area contributed by atoms with E-state index in [9.17, 15) is 4.79 Å². The number of fused-ring (bicyclic) bond motifs is 2. The smallest absolute Gasteiger partial charge is 0.410 e. The normalized spacial score (nSPS) is 26.9. The van der Waals surface area contributed by atoms with Crippen LogP contribution >= 0.6 is 0 Å². The molecule has 2 bridgehead atoms. The molecule has 0 saturated carbocycles. The third kappa shape index (κ3) is 3.55. The molecule has 1 amide bonds. The van der Waals surface area contributed by atoms with Crippen LogP contribution < -0.4 is 0 Å². The number of ether oxygens (including phenoxy) is 1. The Morgan fingerprint density at radius 3 is 2.46 bits per heavy atom. The highest BCUT2D eigenvalue weighted by Crippen LogP contribution is 2.38. The van der Waals surface area contributed by atoms with Gasteiger partial charge in [0, 0.05) is 25.2 Å². The van der Waals surface area contributed by atoms with Crippen molar-refractivity contribution in [2.45, 2.75) is 76.7 Å². The molecule has 0 spiro atoms. The first-order valence-electron chi connectivity index (χ1n) is 8.79. The third-order valence-corrected chi connectivity index (χ3v) is 5.13. The van der Waals surface area contributed by atoms with Gasteiger partial charge in [-0.1, -0.05) is 0 Å². The van der Waals surface area contributed by atoms with Crippen LogP contribution in [0.3, 0.4) is 0 Å². The number of hydrogen-bond donors (Lipinski definition) is 0. The Balaban J connectivity index is 1.62. The topological polar surface area (TPSA) is 63.5 Å². The molecule has 3 rings (SSSR count).